The lowest BCUT2D eigenvalue weighted by Crippen LogP contribution is -2.20. The fraction of sp³-hybridized carbons (Fsp3) is 0.143. The molecule has 0 unspecified atom stereocenters. The molecule has 12 heavy (non-hydrogen) atoms. The third-order valence-corrected chi connectivity index (χ3v) is 1.36. The molecule has 0 fully saturated rings. The predicted octanol–water partition coefficient (Wildman–Crippen LogP) is -0.273. The van der Waals surface area contributed by atoms with Crippen LogP contribution >= 0.6 is 0 Å². The summed E-state index contributed by atoms with van der Waals surface area (Å²) in [6.07, 6.45) is 0. The maximum absolute atomic E-state index is 11.0. The third kappa shape index (κ3) is 1.70. The number of nitrogens with zero attached hydrogens (tertiary/aromatic N) is 1. The molecule has 0 aliphatic heterocycles. The van der Waals surface area contributed by atoms with Gasteiger partial charge in [-0.15, -0.1) is 0 Å². The molecule has 0 bridgehead atoms. The van der Waals surface area contributed by atoms with Crippen LogP contribution in [-0.2, 0) is 0 Å². The number of nitrogens with two attached hydrogens (primary N) is 1. The Labute approximate surface area is 70.0 Å². The normalized spacial score (nSPS) is 9.17. The first-order valence-corrected chi connectivity index (χ1v) is 3.43. The summed E-state index contributed by atoms with van der Waals surface area (Å²) in [4.78, 5) is 15.0. The van der Waals surface area contributed by atoms with Crippen LogP contribution in [0.3, 0.4) is 0 Å². The van der Waals surface area contributed by atoms with Crippen molar-refractivity contribution in [3.8, 4) is 0 Å². The van der Waals surface area contributed by atoms with E-state index in [-0.39, 0.29) is 5.91 Å². The van der Waals surface area contributed by atoms with Crippen LogP contribution in [0.15, 0.2) is 18.2 Å². The quantitative estimate of drug-likeness (QED) is 0.417. The highest BCUT2D eigenvalue weighted by Crippen LogP contribution is 2.02. The van der Waals surface area contributed by atoms with Crippen molar-refractivity contribution in [3.05, 3.63) is 23.9 Å². The van der Waals surface area contributed by atoms with E-state index in [4.69, 9.17) is 5.84 Å². The van der Waals surface area contributed by atoms with E-state index in [1.165, 1.54) is 0 Å². The average molecular weight is 166 g/mol. The molecule has 0 aliphatic carbocycles. The molecule has 0 radical (unpaired) electrons. The molecule has 0 atom stereocenters. The summed E-state index contributed by atoms with van der Waals surface area (Å²) in [7, 11) is 1.55. The smallest absolute Gasteiger partial charge is 0.269 e. The van der Waals surface area contributed by atoms with Gasteiger partial charge < -0.3 is 10.7 Å². The monoisotopic (exact) mass is 166 g/mol. The molecule has 1 amide bonds. The Morgan fingerprint density at radius 3 is 2.92 bits per heavy atom. The van der Waals surface area contributed by atoms with Crippen LogP contribution in [0, 0.1) is 0 Å². The van der Waals surface area contributed by atoms with Crippen LogP contribution in [-0.4, -0.2) is 17.9 Å². The number of hydrogen-bond donors (Lipinski definition) is 3. The van der Waals surface area contributed by atoms with Gasteiger partial charge in [0.1, 0.15) is 11.5 Å². The van der Waals surface area contributed by atoms with Crippen LogP contribution in [0.4, 0.5) is 5.82 Å². The number of hydrogen-bond acceptors (Lipinski definition) is 4. The summed E-state index contributed by atoms with van der Waals surface area (Å²) in [5, 5.41) is 2.46. The summed E-state index contributed by atoms with van der Waals surface area (Å²) in [5.74, 6) is 5.36. The minimum Gasteiger partial charge on any atom is -0.354 e. The number of hydrazine groups is 1. The Kier molecular flexibility index (Phi) is 2.60. The van der Waals surface area contributed by atoms with Crippen molar-refractivity contribution < 1.29 is 4.79 Å². The largest absolute Gasteiger partial charge is 0.354 e. The van der Waals surface area contributed by atoms with E-state index in [9.17, 15) is 4.79 Å². The van der Waals surface area contributed by atoms with Gasteiger partial charge in [-0.2, -0.15) is 0 Å². The van der Waals surface area contributed by atoms with Gasteiger partial charge in [0.05, 0.1) is 0 Å². The van der Waals surface area contributed by atoms with Gasteiger partial charge in [0.25, 0.3) is 5.91 Å². The van der Waals surface area contributed by atoms with Gasteiger partial charge in [0.2, 0.25) is 0 Å². The Balaban J connectivity index is 2.93. The predicted molar refractivity (Wildman–Crippen MR) is 45.4 cm³/mol. The van der Waals surface area contributed by atoms with Crippen LogP contribution < -0.4 is 16.6 Å². The van der Waals surface area contributed by atoms with Crippen molar-refractivity contribution in [1.29, 1.82) is 0 Å². The Bertz CT molecular complexity index is 286. The fourth-order valence-electron chi connectivity index (χ4n) is 0.770. The fourth-order valence-corrected chi connectivity index (χ4v) is 0.770. The van der Waals surface area contributed by atoms with Crippen molar-refractivity contribution in [2.24, 2.45) is 5.84 Å². The maximum Gasteiger partial charge on any atom is 0.269 e. The summed E-state index contributed by atoms with van der Waals surface area (Å²) >= 11 is 0. The molecule has 5 nitrogen and oxygen atoms in total. The van der Waals surface area contributed by atoms with Gasteiger partial charge in [-0.25, -0.2) is 10.8 Å². The minimum atomic E-state index is -0.230. The summed E-state index contributed by atoms with van der Waals surface area (Å²) in [6.45, 7) is 0. The SMILES string of the molecule is CNC(=O)c1cccc(NN)n1. The topological polar surface area (TPSA) is 80.0 Å². The lowest BCUT2D eigenvalue weighted by atomic mass is 10.3. The lowest BCUT2D eigenvalue weighted by Gasteiger charge is -2.01. The van der Waals surface area contributed by atoms with Crippen molar-refractivity contribution in [2.75, 3.05) is 12.5 Å². The number of rotatable bonds is 2. The first-order chi connectivity index (χ1) is 5.77. The number of anilines is 1. The van der Waals surface area contributed by atoms with Gasteiger partial charge in [0.15, 0.2) is 0 Å². The van der Waals surface area contributed by atoms with E-state index in [0.29, 0.717) is 11.5 Å². The number of nitrogens with one attached hydrogen (secondary N) is 2. The molecule has 0 spiro atoms. The molecule has 1 rings (SSSR count). The molecule has 1 heterocycles. The average Bonchev–Trinajstić information content (AvgIpc) is 2.17. The third-order valence-electron chi connectivity index (χ3n) is 1.36. The molecule has 1 aromatic rings. The van der Waals surface area contributed by atoms with Gasteiger partial charge >= 0.3 is 0 Å². The van der Waals surface area contributed by atoms with Gasteiger partial charge in [-0.05, 0) is 12.1 Å². The summed E-state index contributed by atoms with van der Waals surface area (Å²) in [5.41, 5.74) is 2.70. The van der Waals surface area contributed by atoms with Crippen molar-refractivity contribution in [3.63, 3.8) is 0 Å². The van der Waals surface area contributed by atoms with Gasteiger partial charge in [-0.3, -0.25) is 4.79 Å². The number of amides is 1. The van der Waals surface area contributed by atoms with Crippen molar-refractivity contribution >= 4 is 11.7 Å². The highest BCUT2D eigenvalue weighted by molar-refractivity contribution is 5.92. The van der Waals surface area contributed by atoms with Gasteiger partial charge in [0, 0.05) is 7.05 Å². The first-order valence-electron chi connectivity index (χ1n) is 3.43. The molecule has 1 aromatic heterocycles. The number of carbonyl (C=O) groups is 1. The molecule has 0 aliphatic rings. The second-order valence-corrected chi connectivity index (χ2v) is 2.13. The molecule has 5 heteroatoms. The molecular formula is C7H10N4O. The zero-order valence-corrected chi connectivity index (χ0v) is 6.66. The maximum atomic E-state index is 11.0. The zero-order chi connectivity index (χ0) is 8.97. The zero-order valence-electron chi connectivity index (χ0n) is 6.66. The number of pyridine rings is 1. The molecule has 0 saturated heterocycles. The number of aromatic nitrogens is 1. The molecule has 0 saturated carbocycles. The van der Waals surface area contributed by atoms with E-state index >= 15 is 0 Å². The lowest BCUT2D eigenvalue weighted by molar-refractivity contribution is 0.0958. The Hall–Kier alpha value is -1.62. The highest BCUT2D eigenvalue weighted by atomic mass is 16.1. The molecule has 0 aromatic carbocycles. The van der Waals surface area contributed by atoms with Crippen LogP contribution in [0.25, 0.3) is 0 Å². The van der Waals surface area contributed by atoms with E-state index in [1.807, 2.05) is 0 Å². The Morgan fingerprint density at radius 2 is 2.33 bits per heavy atom. The van der Waals surface area contributed by atoms with Gasteiger partial charge in [-0.1, -0.05) is 6.07 Å². The molecule has 4 N–H and O–H groups in total. The van der Waals surface area contributed by atoms with Crippen LogP contribution in [0.2, 0.25) is 0 Å². The standard InChI is InChI=1S/C7H10N4O/c1-9-7(12)5-3-2-4-6(10-5)11-8/h2-4H,8H2,1H3,(H,9,12)(H,10,11). The van der Waals surface area contributed by atoms with E-state index in [2.05, 4.69) is 15.7 Å². The first kappa shape index (κ1) is 8.48. The second-order valence-electron chi connectivity index (χ2n) is 2.13. The number of nitrogen functional groups attached to an aromatic ring is 1. The van der Waals surface area contributed by atoms with E-state index < -0.39 is 0 Å². The Morgan fingerprint density at radius 1 is 1.58 bits per heavy atom. The highest BCUT2D eigenvalue weighted by Gasteiger charge is 2.03. The van der Waals surface area contributed by atoms with Crippen LogP contribution in [0.1, 0.15) is 10.5 Å². The van der Waals surface area contributed by atoms with Crippen molar-refractivity contribution in [1.82, 2.24) is 10.3 Å². The van der Waals surface area contributed by atoms with E-state index in [0.717, 1.165) is 0 Å². The summed E-state index contributed by atoms with van der Waals surface area (Å²) < 4.78 is 0. The summed E-state index contributed by atoms with van der Waals surface area (Å²) in [6, 6.07) is 4.98. The molecular weight excluding hydrogens is 156 g/mol. The number of carbonyl (C=O) groups excluding carboxylic acids is 1. The second kappa shape index (κ2) is 3.68. The van der Waals surface area contributed by atoms with Crippen LogP contribution in [0.5, 0.6) is 0 Å². The van der Waals surface area contributed by atoms with E-state index in [1.54, 1.807) is 25.2 Å². The minimum absolute atomic E-state index is 0.230. The van der Waals surface area contributed by atoms with Crippen molar-refractivity contribution in [2.45, 2.75) is 0 Å². The molecule has 64 valence electrons.